The summed E-state index contributed by atoms with van der Waals surface area (Å²) in [4.78, 5) is 10.9. The van der Waals surface area contributed by atoms with E-state index in [4.69, 9.17) is 5.11 Å². The monoisotopic (exact) mass is 237 g/mol. The quantitative estimate of drug-likeness (QED) is 0.680. The molecule has 0 radical (unpaired) electrons. The summed E-state index contributed by atoms with van der Waals surface area (Å²) in [6, 6.07) is 0. The maximum atomic E-state index is 11.4. The van der Waals surface area contributed by atoms with Crippen LogP contribution in [0.15, 0.2) is 0 Å². The van der Waals surface area contributed by atoms with E-state index in [1.54, 1.807) is 27.7 Å². The van der Waals surface area contributed by atoms with Gasteiger partial charge in [0.2, 0.25) is 0 Å². The van der Waals surface area contributed by atoms with Crippen molar-refractivity contribution in [2.45, 2.75) is 33.2 Å². The van der Waals surface area contributed by atoms with E-state index in [2.05, 4.69) is 4.18 Å². The van der Waals surface area contributed by atoms with Gasteiger partial charge in [-0.15, -0.1) is 0 Å². The van der Waals surface area contributed by atoms with Crippen LogP contribution in [0.5, 0.6) is 0 Å². The molecule has 0 aromatic heterocycles. The normalized spacial score (nSPS) is 30.5. The van der Waals surface area contributed by atoms with Crippen LogP contribution in [0.1, 0.15) is 27.7 Å². The minimum atomic E-state index is -4.14. The molecular formula is C8H15NO5S. The average Bonchev–Trinajstić information content (AvgIpc) is 2.21. The van der Waals surface area contributed by atoms with Crippen LogP contribution in [0.2, 0.25) is 0 Å². The molecule has 7 heteroatoms. The molecule has 6 nitrogen and oxygen atoms in total. The Hall–Kier alpha value is -0.820. The van der Waals surface area contributed by atoms with Crippen LogP contribution in [0.3, 0.4) is 0 Å². The van der Waals surface area contributed by atoms with Gasteiger partial charge in [0.25, 0.3) is 0 Å². The number of hydrogen-bond acceptors (Lipinski definition) is 4. The van der Waals surface area contributed by atoms with Gasteiger partial charge >= 0.3 is 16.4 Å². The molecule has 0 unspecified atom stereocenters. The van der Waals surface area contributed by atoms with Crippen molar-refractivity contribution in [3.63, 3.8) is 0 Å². The van der Waals surface area contributed by atoms with E-state index in [9.17, 15) is 13.2 Å². The lowest BCUT2D eigenvalue weighted by Crippen LogP contribution is -2.55. The molecule has 0 aromatic rings. The van der Waals surface area contributed by atoms with Crippen LogP contribution in [0.4, 0.5) is 4.79 Å². The van der Waals surface area contributed by atoms with E-state index in [0.717, 1.165) is 0 Å². The third kappa shape index (κ3) is 1.69. The van der Waals surface area contributed by atoms with E-state index in [1.807, 2.05) is 0 Å². The van der Waals surface area contributed by atoms with E-state index in [0.29, 0.717) is 4.31 Å². The zero-order chi connectivity index (χ0) is 12.1. The second kappa shape index (κ2) is 3.08. The molecule has 88 valence electrons. The molecule has 1 rings (SSSR count). The van der Waals surface area contributed by atoms with E-state index in [-0.39, 0.29) is 6.61 Å². The molecule has 0 aromatic carbocycles. The van der Waals surface area contributed by atoms with Gasteiger partial charge in [0.1, 0.15) is 0 Å². The van der Waals surface area contributed by atoms with Gasteiger partial charge in [-0.05, 0) is 12.3 Å². The maximum absolute atomic E-state index is 11.4. The predicted molar refractivity (Wildman–Crippen MR) is 52.6 cm³/mol. The van der Waals surface area contributed by atoms with Gasteiger partial charge in [-0.25, -0.2) is 4.79 Å². The van der Waals surface area contributed by atoms with E-state index in [1.165, 1.54) is 0 Å². The number of amides is 1. The Morgan fingerprint density at radius 2 is 1.93 bits per heavy atom. The fraction of sp³-hybridized carbons (Fsp3) is 0.875. The zero-order valence-corrected chi connectivity index (χ0v) is 9.96. The van der Waals surface area contributed by atoms with Crippen molar-refractivity contribution in [2.24, 2.45) is 5.41 Å². The topological polar surface area (TPSA) is 83.9 Å². The second-order valence-electron chi connectivity index (χ2n) is 4.79. The summed E-state index contributed by atoms with van der Waals surface area (Å²) in [7, 11) is -4.14. The van der Waals surface area contributed by atoms with E-state index < -0.39 is 27.4 Å². The van der Waals surface area contributed by atoms with Crippen LogP contribution in [0, 0.1) is 5.41 Å². The summed E-state index contributed by atoms with van der Waals surface area (Å²) < 4.78 is 27.8. The molecule has 15 heavy (non-hydrogen) atoms. The minimum absolute atomic E-state index is 0.148. The van der Waals surface area contributed by atoms with Gasteiger partial charge in [-0.1, -0.05) is 20.8 Å². The number of hydrogen-bond donors (Lipinski definition) is 1. The Labute approximate surface area is 89.1 Å². The highest BCUT2D eigenvalue weighted by Gasteiger charge is 2.57. The highest BCUT2D eigenvalue weighted by atomic mass is 32.2. The lowest BCUT2D eigenvalue weighted by Gasteiger charge is -2.40. The van der Waals surface area contributed by atoms with Crippen LogP contribution in [-0.4, -0.2) is 36.1 Å². The number of carbonyl (C=O) groups is 1. The van der Waals surface area contributed by atoms with Crippen molar-refractivity contribution in [1.82, 2.24) is 4.31 Å². The van der Waals surface area contributed by atoms with Crippen molar-refractivity contribution < 1.29 is 22.5 Å². The third-order valence-corrected chi connectivity index (χ3v) is 4.37. The van der Waals surface area contributed by atoms with Crippen LogP contribution in [-0.2, 0) is 14.5 Å². The molecule has 1 N–H and O–H groups in total. The number of rotatable bonds is 0. The molecule has 1 aliphatic heterocycles. The molecule has 0 aliphatic carbocycles. The molecule has 1 aliphatic rings. The SMILES string of the molecule is CC(C)(C)[C@]1(C)COS(=O)(=O)N1C(=O)O. The van der Waals surface area contributed by atoms with Crippen molar-refractivity contribution in [1.29, 1.82) is 0 Å². The first kappa shape index (κ1) is 12.3. The molecular weight excluding hydrogens is 222 g/mol. The fourth-order valence-corrected chi connectivity index (χ4v) is 2.87. The summed E-state index contributed by atoms with van der Waals surface area (Å²) in [5.74, 6) is 0. The summed E-state index contributed by atoms with van der Waals surface area (Å²) in [6.07, 6.45) is -1.51. The molecule has 1 saturated heterocycles. The Morgan fingerprint density at radius 1 is 1.47 bits per heavy atom. The van der Waals surface area contributed by atoms with Crippen LogP contribution >= 0.6 is 0 Å². The number of nitrogens with zero attached hydrogens (tertiary/aromatic N) is 1. The second-order valence-corrected chi connectivity index (χ2v) is 6.25. The van der Waals surface area contributed by atoms with Gasteiger partial charge in [0.05, 0.1) is 12.1 Å². The molecule has 0 saturated carbocycles. The van der Waals surface area contributed by atoms with Gasteiger partial charge in [-0.2, -0.15) is 12.7 Å². The third-order valence-electron chi connectivity index (χ3n) is 2.95. The molecule has 1 heterocycles. The summed E-state index contributed by atoms with van der Waals surface area (Å²) >= 11 is 0. The lowest BCUT2D eigenvalue weighted by atomic mass is 9.75. The van der Waals surface area contributed by atoms with Gasteiger partial charge in [0.15, 0.2) is 0 Å². The zero-order valence-electron chi connectivity index (χ0n) is 9.14. The smallest absolute Gasteiger partial charge is 0.423 e. The Balaban J connectivity index is 3.30. The van der Waals surface area contributed by atoms with Crippen LogP contribution in [0.25, 0.3) is 0 Å². The largest absolute Gasteiger partial charge is 0.464 e. The summed E-state index contributed by atoms with van der Waals surface area (Å²) in [6.45, 7) is 6.73. The lowest BCUT2D eigenvalue weighted by molar-refractivity contribution is 0.0677. The first-order valence-corrected chi connectivity index (χ1v) is 5.81. The highest BCUT2D eigenvalue weighted by molar-refractivity contribution is 7.85. The first-order chi connectivity index (χ1) is 6.52. The van der Waals surface area contributed by atoms with Crippen LogP contribution < -0.4 is 0 Å². The maximum Gasteiger partial charge on any atom is 0.423 e. The average molecular weight is 237 g/mol. The standard InChI is InChI=1S/C8H15NO5S/c1-7(2,3)8(4)5-14-15(12,13)9(8)6(10)11/h5H2,1-4H3,(H,10,11)/t8-/m0/s1. The predicted octanol–water partition coefficient (Wildman–Crippen LogP) is 1.05. The number of carboxylic acid groups (broad SMARTS) is 1. The van der Waals surface area contributed by atoms with Crippen molar-refractivity contribution in [3.8, 4) is 0 Å². The Kier molecular flexibility index (Phi) is 2.52. The molecule has 1 fully saturated rings. The van der Waals surface area contributed by atoms with Gasteiger partial charge in [0, 0.05) is 0 Å². The Morgan fingerprint density at radius 3 is 2.20 bits per heavy atom. The highest BCUT2D eigenvalue weighted by Crippen LogP contribution is 2.42. The van der Waals surface area contributed by atoms with E-state index >= 15 is 0 Å². The molecule has 1 atom stereocenters. The summed E-state index contributed by atoms with van der Waals surface area (Å²) in [5.41, 5.74) is -1.60. The minimum Gasteiger partial charge on any atom is -0.464 e. The van der Waals surface area contributed by atoms with Gasteiger partial charge < -0.3 is 5.11 Å². The fourth-order valence-electron chi connectivity index (χ4n) is 1.38. The molecule has 0 spiro atoms. The first-order valence-electron chi connectivity index (χ1n) is 4.45. The van der Waals surface area contributed by atoms with Crippen molar-refractivity contribution in [3.05, 3.63) is 0 Å². The Bertz CT molecular complexity index is 382. The molecule has 0 bridgehead atoms. The summed E-state index contributed by atoms with van der Waals surface area (Å²) in [5, 5.41) is 8.91. The van der Waals surface area contributed by atoms with Gasteiger partial charge in [-0.3, -0.25) is 4.18 Å². The van der Waals surface area contributed by atoms with Crippen molar-refractivity contribution in [2.75, 3.05) is 6.61 Å². The van der Waals surface area contributed by atoms with Crippen molar-refractivity contribution >= 4 is 16.4 Å². The molecule has 1 amide bonds.